The Balaban J connectivity index is 1.13. The van der Waals surface area contributed by atoms with Gasteiger partial charge in [-0.2, -0.15) is 0 Å². The molecule has 2 fully saturated rings. The summed E-state index contributed by atoms with van der Waals surface area (Å²) in [5.41, 5.74) is 8.20. The maximum atomic E-state index is 12.9. The van der Waals surface area contributed by atoms with Crippen molar-refractivity contribution in [3.8, 4) is 11.5 Å². The Bertz CT molecular complexity index is 1180. The number of hydrogen-bond donors (Lipinski definition) is 1. The Morgan fingerprint density at radius 1 is 0.700 bits per heavy atom. The summed E-state index contributed by atoms with van der Waals surface area (Å²) in [5, 5.41) is 0. The third-order valence-corrected chi connectivity index (χ3v) is 8.10. The summed E-state index contributed by atoms with van der Waals surface area (Å²) in [6.45, 7) is 2.29. The summed E-state index contributed by atoms with van der Waals surface area (Å²) in [4.78, 5) is 34.2. The summed E-state index contributed by atoms with van der Waals surface area (Å²) >= 11 is 0. The number of Topliss-reactive ketones (excluding diaryl/α,β-unsaturated/α-hetero) is 2. The highest BCUT2D eigenvalue weighted by Crippen LogP contribution is 2.27. The van der Waals surface area contributed by atoms with Gasteiger partial charge in [-0.25, -0.2) is 9.97 Å². The Labute approximate surface area is 236 Å². The van der Waals surface area contributed by atoms with E-state index in [1.807, 2.05) is 48.5 Å². The fraction of sp³-hybridized carbons (Fsp3) is 0.455. The minimum Gasteiger partial charge on any atom is -0.490 e. The van der Waals surface area contributed by atoms with Gasteiger partial charge in [0, 0.05) is 18.9 Å². The van der Waals surface area contributed by atoms with Crippen LogP contribution in [0.4, 0.5) is 0 Å². The van der Waals surface area contributed by atoms with E-state index in [0.29, 0.717) is 0 Å². The van der Waals surface area contributed by atoms with E-state index >= 15 is 0 Å². The zero-order valence-electron chi connectivity index (χ0n) is 23.3. The van der Waals surface area contributed by atoms with E-state index < -0.39 is 0 Å². The van der Waals surface area contributed by atoms with Crippen molar-refractivity contribution >= 4 is 11.6 Å². The molecule has 210 valence electrons. The number of ether oxygens (including phenoxy) is 2. The normalized spacial score (nSPS) is 22.9. The molecule has 2 saturated carbocycles. The van der Waals surface area contributed by atoms with Gasteiger partial charge in [0.1, 0.15) is 29.2 Å². The van der Waals surface area contributed by atoms with Crippen LogP contribution >= 0.6 is 0 Å². The zero-order chi connectivity index (χ0) is 27.9. The van der Waals surface area contributed by atoms with Crippen LogP contribution < -0.4 is 15.2 Å². The largest absolute Gasteiger partial charge is 0.490 e. The third-order valence-electron chi connectivity index (χ3n) is 8.10. The number of aromatic nitrogens is 2. The van der Waals surface area contributed by atoms with Crippen LogP contribution in [0.3, 0.4) is 0 Å². The molecule has 40 heavy (non-hydrogen) atoms. The lowest BCUT2D eigenvalue weighted by Crippen LogP contribution is -2.31. The van der Waals surface area contributed by atoms with Gasteiger partial charge in [-0.1, -0.05) is 31.2 Å². The standard InChI is InChI=1S/C33H39N3O4/c1-22-2-10-26(11-3-22)39-27-12-4-23(5-13-27)18-32(37)30-20-31(36-21-35-30)33(38)19-24-6-14-28(15-7-24)40-29-16-8-25(34)9-17-29/h4-7,12-15,20-22,25-26,29H,2-3,8-11,16-19,34H2,1H3. The highest BCUT2D eigenvalue weighted by Gasteiger charge is 2.21. The molecule has 1 aromatic heterocycles. The van der Waals surface area contributed by atoms with Crippen LogP contribution in [0.15, 0.2) is 60.9 Å². The van der Waals surface area contributed by atoms with Gasteiger partial charge in [0.05, 0.1) is 12.2 Å². The second kappa shape index (κ2) is 13.2. The number of benzene rings is 2. The smallest absolute Gasteiger partial charge is 0.185 e. The van der Waals surface area contributed by atoms with Crippen LogP contribution in [0.2, 0.25) is 0 Å². The molecule has 0 saturated heterocycles. The maximum Gasteiger partial charge on any atom is 0.185 e. The summed E-state index contributed by atoms with van der Waals surface area (Å²) in [6.07, 6.45) is 10.6. The number of rotatable bonds is 10. The first kappa shape index (κ1) is 28.0. The molecule has 0 bridgehead atoms. The summed E-state index contributed by atoms with van der Waals surface area (Å²) in [5.74, 6) is 2.10. The number of nitrogens with two attached hydrogens (primary N) is 1. The van der Waals surface area contributed by atoms with Crippen LogP contribution in [0.5, 0.6) is 11.5 Å². The summed E-state index contributed by atoms with van der Waals surface area (Å²) in [7, 11) is 0. The maximum absolute atomic E-state index is 12.9. The average molecular weight is 542 g/mol. The van der Waals surface area contributed by atoms with Crippen molar-refractivity contribution in [1.29, 1.82) is 0 Å². The molecule has 0 amide bonds. The molecule has 2 aromatic carbocycles. The van der Waals surface area contributed by atoms with Gasteiger partial charge in [0.2, 0.25) is 0 Å². The van der Waals surface area contributed by atoms with E-state index in [1.54, 1.807) is 0 Å². The molecular weight excluding hydrogens is 502 g/mol. The van der Waals surface area contributed by atoms with Gasteiger partial charge in [-0.3, -0.25) is 9.59 Å². The van der Waals surface area contributed by atoms with E-state index in [0.717, 1.165) is 67.1 Å². The van der Waals surface area contributed by atoms with E-state index in [1.165, 1.54) is 25.2 Å². The minimum absolute atomic E-state index is 0.156. The van der Waals surface area contributed by atoms with E-state index in [9.17, 15) is 9.59 Å². The lowest BCUT2D eigenvalue weighted by molar-refractivity contribution is 0.0987. The Hall–Kier alpha value is -3.58. The molecule has 2 N–H and O–H groups in total. The molecule has 1 heterocycles. The van der Waals surface area contributed by atoms with E-state index in [4.69, 9.17) is 15.2 Å². The topological polar surface area (TPSA) is 104 Å². The molecule has 3 aromatic rings. The van der Waals surface area contributed by atoms with Crippen molar-refractivity contribution in [3.63, 3.8) is 0 Å². The quantitative estimate of drug-likeness (QED) is 0.317. The molecule has 0 atom stereocenters. The van der Waals surface area contributed by atoms with Gasteiger partial charge < -0.3 is 15.2 Å². The van der Waals surface area contributed by atoms with Crippen LogP contribution in [0.25, 0.3) is 0 Å². The summed E-state index contributed by atoms with van der Waals surface area (Å²) in [6, 6.07) is 17.1. The van der Waals surface area contributed by atoms with Crippen molar-refractivity contribution in [2.24, 2.45) is 11.7 Å². The van der Waals surface area contributed by atoms with Crippen LogP contribution in [0, 0.1) is 5.92 Å². The first-order valence-corrected chi connectivity index (χ1v) is 14.6. The summed E-state index contributed by atoms with van der Waals surface area (Å²) < 4.78 is 12.2. The molecule has 0 spiro atoms. The fourth-order valence-corrected chi connectivity index (χ4v) is 5.52. The predicted molar refractivity (Wildman–Crippen MR) is 154 cm³/mol. The van der Waals surface area contributed by atoms with Crippen molar-refractivity contribution in [2.45, 2.75) is 89.4 Å². The zero-order valence-corrected chi connectivity index (χ0v) is 23.3. The van der Waals surface area contributed by atoms with Gasteiger partial charge in [-0.15, -0.1) is 0 Å². The number of nitrogens with zero attached hydrogens (tertiary/aromatic N) is 2. The van der Waals surface area contributed by atoms with Gasteiger partial charge in [0.25, 0.3) is 0 Å². The minimum atomic E-state index is -0.162. The second-order valence-electron chi connectivity index (χ2n) is 11.4. The highest BCUT2D eigenvalue weighted by molar-refractivity contribution is 6.00. The first-order chi connectivity index (χ1) is 19.4. The Morgan fingerprint density at radius 3 is 1.57 bits per heavy atom. The molecule has 7 nitrogen and oxygen atoms in total. The monoisotopic (exact) mass is 541 g/mol. The number of carbonyl (C=O) groups is 2. The van der Waals surface area contributed by atoms with E-state index in [-0.39, 0.29) is 54.0 Å². The average Bonchev–Trinajstić information content (AvgIpc) is 2.97. The Kier molecular flexibility index (Phi) is 9.22. The lowest BCUT2D eigenvalue weighted by Gasteiger charge is -2.26. The van der Waals surface area contributed by atoms with Gasteiger partial charge >= 0.3 is 0 Å². The fourth-order valence-electron chi connectivity index (χ4n) is 5.52. The highest BCUT2D eigenvalue weighted by atomic mass is 16.5. The molecule has 2 aliphatic rings. The van der Waals surface area contributed by atoms with Crippen molar-refractivity contribution in [2.75, 3.05) is 0 Å². The Morgan fingerprint density at radius 2 is 1.12 bits per heavy atom. The van der Waals surface area contributed by atoms with Crippen molar-refractivity contribution in [1.82, 2.24) is 9.97 Å². The number of carbonyl (C=O) groups excluding carboxylic acids is 2. The lowest BCUT2D eigenvalue weighted by atomic mass is 9.89. The SMILES string of the molecule is CC1CCC(Oc2ccc(CC(=O)c3cc(C(=O)Cc4ccc(OC5CCC(N)CC5)cc4)ncn3)cc2)CC1. The van der Waals surface area contributed by atoms with E-state index in [2.05, 4.69) is 16.9 Å². The van der Waals surface area contributed by atoms with Crippen LogP contribution in [0.1, 0.15) is 90.4 Å². The predicted octanol–water partition coefficient (Wildman–Crippen LogP) is 5.93. The molecule has 0 aliphatic heterocycles. The molecule has 0 radical (unpaired) electrons. The van der Waals surface area contributed by atoms with Crippen molar-refractivity contribution < 1.29 is 19.1 Å². The number of ketones is 2. The molecule has 0 unspecified atom stereocenters. The van der Waals surface area contributed by atoms with Gasteiger partial charge in [-0.05, 0) is 98.7 Å². The van der Waals surface area contributed by atoms with Crippen molar-refractivity contribution in [3.05, 3.63) is 83.4 Å². The van der Waals surface area contributed by atoms with Crippen LogP contribution in [-0.2, 0) is 12.8 Å². The molecule has 5 rings (SSSR count). The molecule has 7 heteroatoms. The van der Waals surface area contributed by atoms with Gasteiger partial charge in [0.15, 0.2) is 11.6 Å². The third kappa shape index (κ3) is 7.75. The number of hydrogen-bond acceptors (Lipinski definition) is 7. The molecular formula is C33H39N3O4. The second-order valence-corrected chi connectivity index (χ2v) is 11.4. The first-order valence-electron chi connectivity index (χ1n) is 14.6. The van der Waals surface area contributed by atoms with Crippen LogP contribution in [-0.4, -0.2) is 39.8 Å². The molecule has 2 aliphatic carbocycles.